The number of halogens is 2. The predicted molar refractivity (Wildman–Crippen MR) is 108 cm³/mol. The summed E-state index contributed by atoms with van der Waals surface area (Å²) >= 11 is 12.1. The maximum absolute atomic E-state index is 6.04. The third kappa shape index (κ3) is 5.58. The van der Waals surface area contributed by atoms with Crippen LogP contribution in [0.3, 0.4) is 0 Å². The molecule has 0 amide bonds. The summed E-state index contributed by atoms with van der Waals surface area (Å²) in [5.41, 5.74) is 1.91. The zero-order valence-electron chi connectivity index (χ0n) is 14.1. The summed E-state index contributed by atoms with van der Waals surface area (Å²) < 4.78 is 11.5. The summed E-state index contributed by atoms with van der Waals surface area (Å²) in [6.45, 7) is 1.55. The van der Waals surface area contributed by atoms with Crippen LogP contribution in [0.2, 0.25) is 10.0 Å². The molecule has 3 aromatic carbocycles. The number of para-hydroxylation sites is 2. The Hall–Kier alpha value is -2.36. The van der Waals surface area contributed by atoms with Gasteiger partial charge < -0.3 is 14.8 Å². The molecule has 0 saturated heterocycles. The van der Waals surface area contributed by atoms with Gasteiger partial charge in [0.15, 0.2) is 0 Å². The fourth-order valence-electron chi connectivity index (χ4n) is 2.47. The van der Waals surface area contributed by atoms with Gasteiger partial charge in [-0.3, -0.25) is 0 Å². The molecule has 1 N–H and O–H groups in total. The standard InChI is InChI=1S/C21H19Cl2NO2/c22-17-12-18(23)14-19(13-17)24-15-16-6-4-5-9-21(16)26-11-10-25-20-7-2-1-3-8-20/h1-9,12-14,24H,10-11,15H2. The fraction of sp³-hybridized carbons (Fsp3) is 0.143. The molecule has 0 spiro atoms. The van der Waals surface area contributed by atoms with Gasteiger partial charge in [-0.25, -0.2) is 0 Å². The minimum atomic E-state index is 0.467. The number of hydrogen-bond acceptors (Lipinski definition) is 3. The van der Waals surface area contributed by atoms with Crippen molar-refractivity contribution < 1.29 is 9.47 Å². The molecule has 0 fully saturated rings. The van der Waals surface area contributed by atoms with Crippen LogP contribution in [0.15, 0.2) is 72.8 Å². The highest BCUT2D eigenvalue weighted by molar-refractivity contribution is 6.35. The normalized spacial score (nSPS) is 10.4. The van der Waals surface area contributed by atoms with E-state index in [1.54, 1.807) is 6.07 Å². The first-order valence-corrected chi connectivity index (χ1v) is 9.05. The zero-order chi connectivity index (χ0) is 18.2. The van der Waals surface area contributed by atoms with Crippen molar-refractivity contribution in [2.45, 2.75) is 6.54 Å². The highest BCUT2D eigenvalue weighted by Gasteiger charge is 2.04. The van der Waals surface area contributed by atoms with E-state index in [2.05, 4.69) is 5.32 Å². The first-order chi connectivity index (χ1) is 12.7. The van der Waals surface area contributed by atoms with E-state index in [1.807, 2.05) is 66.7 Å². The lowest BCUT2D eigenvalue weighted by Crippen LogP contribution is -2.10. The van der Waals surface area contributed by atoms with Crippen LogP contribution >= 0.6 is 23.2 Å². The Kier molecular flexibility index (Phi) is 6.64. The van der Waals surface area contributed by atoms with Crippen LogP contribution in [0.4, 0.5) is 5.69 Å². The molecule has 3 nitrogen and oxygen atoms in total. The van der Waals surface area contributed by atoms with E-state index in [0.29, 0.717) is 29.8 Å². The van der Waals surface area contributed by atoms with Gasteiger partial charge in [-0.1, -0.05) is 59.6 Å². The fourth-order valence-corrected chi connectivity index (χ4v) is 3.00. The summed E-state index contributed by atoms with van der Waals surface area (Å²) in [4.78, 5) is 0. The number of benzene rings is 3. The third-order valence-electron chi connectivity index (χ3n) is 3.67. The second-order valence-corrected chi connectivity index (χ2v) is 6.50. The van der Waals surface area contributed by atoms with Gasteiger partial charge in [-0.05, 0) is 36.4 Å². The first-order valence-electron chi connectivity index (χ1n) is 8.29. The van der Waals surface area contributed by atoms with Crippen molar-refractivity contribution in [1.29, 1.82) is 0 Å². The number of nitrogens with one attached hydrogen (secondary N) is 1. The smallest absolute Gasteiger partial charge is 0.124 e. The molecule has 0 unspecified atom stereocenters. The zero-order valence-corrected chi connectivity index (χ0v) is 15.6. The molecule has 3 rings (SSSR count). The van der Waals surface area contributed by atoms with Crippen LogP contribution in [-0.2, 0) is 6.54 Å². The van der Waals surface area contributed by atoms with Crippen molar-refractivity contribution in [1.82, 2.24) is 0 Å². The van der Waals surface area contributed by atoms with Gasteiger partial charge >= 0.3 is 0 Å². The molecule has 5 heteroatoms. The molecule has 0 aliphatic rings. The van der Waals surface area contributed by atoms with E-state index in [9.17, 15) is 0 Å². The van der Waals surface area contributed by atoms with Crippen molar-refractivity contribution in [3.63, 3.8) is 0 Å². The van der Waals surface area contributed by atoms with E-state index in [4.69, 9.17) is 32.7 Å². The number of ether oxygens (including phenoxy) is 2. The van der Waals surface area contributed by atoms with E-state index in [1.165, 1.54) is 0 Å². The summed E-state index contributed by atoms with van der Waals surface area (Å²) in [6, 6.07) is 23.0. The molecule has 0 bridgehead atoms. The highest BCUT2D eigenvalue weighted by atomic mass is 35.5. The van der Waals surface area contributed by atoms with E-state index < -0.39 is 0 Å². The number of rotatable bonds is 8. The SMILES string of the molecule is Clc1cc(Cl)cc(NCc2ccccc2OCCOc2ccccc2)c1. The molecule has 0 atom stereocenters. The Bertz CT molecular complexity index is 820. The molecule has 0 aromatic heterocycles. The van der Waals surface area contributed by atoms with Gasteiger partial charge in [-0.2, -0.15) is 0 Å². The third-order valence-corrected chi connectivity index (χ3v) is 4.11. The second-order valence-electron chi connectivity index (χ2n) is 5.63. The maximum atomic E-state index is 6.04. The van der Waals surface area contributed by atoms with Crippen molar-refractivity contribution in [2.24, 2.45) is 0 Å². The average Bonchev–Trinajstić information content (AvgIpc) is 2.64. The largest absolute Gasteiger partial charge is 0.490 e. The van der Waals surface area contributed by atoms with Crippen LogP contribution in [0, 0.1) is 0 Å². The maximum Gasteiger partial charge on any atom is 0.124 e. The summed E-state index contributed by atoms with van der Waals surface area (Å²) in [6.07, 6.45) is 0. The first kappa shape index (κ1) is 18.4. The lowest BCUT2D eigenvalue weighted by molar-refractivity contribution is 0.216. The van der Waals surface area contributed by atoms with Gasteiger partial charge in [0.2, 0.25) is 0 Å². The summed E-state index contributed by atoms with van der Waals surface area (Å²) in [5.74, 6) is 1.66. The van der Waals surface area contributed by atoms with Crippen LogP contribution in [0.1, 0.15) is 5.56 Å². The monoisotopic (exact) mass is 387 g/mol. The Balaban J connectivity index is 1.54. The van der Waals surface area contributed by atoms with Crippen LogP contribution in [0.25, 0.3) is 0 Å². The summed E-state index contributed by atoms with van der Waals surface area (Å²) in [7, 11) is 0. The minimum Gasteiger partial charge on any atom is -0.490 e. The van der Waals surface area contributed by atoms with Gasteiger partial charge in [0.25, 0.3) is 0 Å². The van der Waals surface area contributed by atoms with E-state index in [0.717, 1.165) is 22.7 Å². The summed E-state index contributed by atoms with van der Waals surface area (Å²) in [5, 5.41) is 4.52. The molecular formula is C21H19Cl2NO2. The molecule has 134 valence electrons. The quantitative estimate of drug-likeness (QED) is 0.476. The Labute approximate surface area is 163 Å². The molecule has 26 heavy (non-hydrogen) atoms. The molecule has 0 heterocycles. The molecule has 0 radical (unpaired) electrons. The van der Waals surface area contributed by atoms with E-state index in [-0.39, 0.29) is 0 Å². The molecule has 0 aliphatic heterocycles. The van der Waals surface area contributed by atoms with E-state index >= 15 is 0 Å². The van der Waals surface area contributed by atoms with Crippen molar-refractivity contribution in [2.75, 3.05) is 18.5 Å². The predicted octanol–water partition coefficient (Wildman–Crippen LogP) is 6.06. The Morgan fingerprint density at radius 1 is 0.731 bits per heavy atom. The number of hydrogen-bond donors (Lipinski definition) is 1. The molecule has 0 aliphatic carbocycles. The second kappa shape index (κ2) is 9.37. The van der Waals surface area contributed by atoms with Crippen molar-refractivity contribution in [3.05, 3.63) is 88.4 Å². The minimum absolute atomic E-state index is 0.467. The number of anilines is 1. The Morgan fingerprint density at radius 2 is 1.38 bits per heavy atom. The highest BCUT2D eigenvalue weighted by Crippen LogP contribution is 2.24. The van der Waals surface area contributed by atoms with Crippen LogP contribution in [0.5, 0.6) is 11.5 Å². The van der Waals surface area contributed by atoms with Gasteiger partial charge in [0, 0.05) is 27.8 Å². The average molecular weight is 388 g/mol. The lowest BCUT2D eigenvalue weighted by Gasteiger charge is -2.13. The molecule has 3 aromatic rings. The Morgan fingerprint density at radius 3 is 2.15 bits per heavy atom. The molecule has 0 saturated carbocycles. The molecular weight excluding hydrogens is 369 g/mol. The van der Waals surface area contributed by atoms with Gasteiger partial charge in [0.05, 0.1) is 0 Å². The van der Waals surface area contributed by atoms with Crippen LogP contribution in [-0.4, -0.2) is 13.2 Å². The van der Waals surface area contributed by atoms with Gasteiger partial charge in [0.1, 0.15) is 24.7 Å². The topological polar surface area (TPSA) is 30.5 Å². The lowest BCUT2D eigenvalue weighted by atomic mass is 10.2. The van der Waals surface area contributed by atoms with Gasteiger partial charge in [-0.15, -0.1) is 0 Å². The van der Waals surface area contributed by atoms with Crippen LogP contribution < -0.4 is 14.8 Å². The van der Waals surface area contributed by atoms with Crippen molar-refractivity contribution >= 4 is 28.9 Å². The van der Waals surface area contributed by atoms with Crippen molar-refractivity contribution in [3.8, 4) is 11.5 Å².